The molecule has 9 heteroatoms. The van der Waals surface area contributed by atoms with E-state index in [1.54, 1.807) is 12.1 Å². The normalized spacial score (nSPS) is 18.4. The first-order chi connectivity index (χ1) is 18.9. The maximum Gasteiger partial charge on any atom is 0.319 e. The number of piperidine rings is 1. The number of nitrogens with zero attached hydrogens (tertiary/aromatic N) is 2. The maximum absolute atomic E-state index is 13.4. The predicted octanol–water partition coefficient (Wildman–Crippen LogP) is 5.04. The van der Waals surface area contributed by atoms with Crippen LogP contribution < -0.4 is 10.6 Å². The molecule has 2 aromatic carbocycles. The lowest BCUT2D eigenvalue weighted by atomic mass is 9.88. The molecule has 1 aromatic heterocycles. The second kappa shape index (κ2) is 12.0. The molecule has 3 aromatic rings. The third kappa shape index (κ3) is 6.30. The fraction of sp³-hybridized carbons (Fsp3) is 0.433. The summed E-state index contributed by atoms with van der Waals surface area (Å²) in [6.45, 7) is 5.76. The number of urea groups is 1. The monoisotopic (exact) mass is 533 g/mol. The van der Waals surface area contributed by atoms with Crippen molar-refractivity contribution < 1.29 is 18.8 Å². The third-order valence-corrected chi connectivity index (χ3v) is 7.95. The number of benzene rings is 2. The minimum Gasteiger partial charge on any atom is -0.351 e. The fourth-order valence-corrected chi connectivity index (χ4v) is 5.82. The zero-order valence-electron chi connectivity index (χ0n) is 22.3. The number of likely N-dealkylation sites (tertiary alicyclic amines) is 2. The van der Waals surface area contributed by atoms with Gasteiger partial charge in [0.25, 0.3) is 5.91 Å². The van der Waals surface area contributed by atoms with Crippen LogP contribution in [0.2, 0.25) is 0 Å². The van der Waals surface area contributed by atoms with Crippen molar-refractivity contribution in [3.05, 3.63) is 65.6 Å². The van der Waals surface area contributed by atoms with E-state index in [2.05, 4.69) is 20.5 Å². The highest BCUT2D eigenvalue weighted by molar-refractivity contribution is 6.00. The SMILES string of the molecule is CCNC(=O)Nc1ccc2[nH]c(C(=O)N3CCC[C@H]3CCN3CCC(C(=O)c4ccc(F)cc4)CC3)cc2c1. The number of amides is 3. The molecular weight excluding hydrogens is 497 g/mol. The van der Waals surface area contributed by atoms with E-state index in [9.17, 15) is 18.8 Å². The molecule has 2 aliphatic heterocycles. The van der Waals surface area contributed by atoms with Crippen LogP contribution in [-0.2, 0) is 0 Å². The van der Waals surface area contributed by atoms with Gasteiger partial charge >= 0.3 is 6.03 Å². The van der Waals surface area contributed by atoms with Crippen molar-refractivity contribution in [1.29, 1.82) is 0 Å². The second-order valence-electron chi connectivity index (χ2n) is 10.5. The number of anilines is 1. The zero-order valence-corrected chi connectivity index (χ0v) is 22.3. The third-order valence-electron chi connectivity index (χ3n) is 7.95. The fourth-order valence-electron chi connectivity index (χ4n) is 5.82. The summed E-state index contributed by atoms with van der Waals surface area (Å²) in [5, 5.41) is 6.39. The van der Waals surface area contributed by atoms with Crippen molar-refractivity contribution in [2.45, 2.75) is 45.1 Å². The zero-order chi connectivity index (χ0) is 27.4. The molecule has 3 heterocycles. The van der Waals surface area contributed by atoms with Crippen LogP contribution in [0.3, 0.4) is 0 Å². The second-order valence-corrected chi connectivity index (χ2v) is 10.5. The maximum atomic E-state index is 13.4. The Morgan fingerprint density at radius 3 is 2.51 bits per heavy atom. The van der Waals surface area contributed by atoms with E-state index < -0.39 is 0 Å². The van der Waals surface area contributed by atoms with Crippen LogP contribution in [0.4, 0.5) is 14.9 Å². The molecule has 1 atom stereocenters. The van der Waals surface area contributed by atoms with E-state index in [4.69, 9.17) is 0 Å². The number of nitrogens with one attached hydrogen (secondary N) is 3. The molecule has 206 valence electrons. The molecular formula is C30H36FN5O3. The molecule has 0 unspecified atom stereocenters. The quantitative estimate of drug-likeness (QED) is 0.354. The Morgan fingerprint density at radius 1 is 1.00 bits per heavy atom. The Balaban J connectivity index is 1.14. The Hall–Kier alpha value is -3.72. The number of hydrogen-bond donors (Lipinski definition) is 3. The van der Waals surface area contributed by atoms with Crippen LogP contribution in [-0.4, -0.2) is 71.3 Å². The van der Waals surface area contributed by atoms with Gasteiger partial charge in [0.2, 0.25) is 0 Å². The van der Waals surface area contributed by atoms with Gasteiger partial charge in [0, 0.05) is 53.7 Å². The number of carbonyl (C=O) groups is 3. The lowest BCUT2D eigenvalue weighted by Gasteiger charge is -2.33. The number of Topliss-reactive ketones (excluding diaryl/α,β-unsaturated/α-hetero) is 1. The Morgan fingerprint density at radius 2 is 1.77 bits per heavy atom. The van der Waals surface area contributed by atoms with Gasteiger partial charge in [0.15, 0.2) is 5.78 Å². The number of hydrogen-bond acceptors (Lipinski definition) is 4. The highest BCUT2D eigenvalue weighted by Gasteiger charge is 2.31. The number of H-pyrrole nitrogens is 1. The van der Waals surface area contributed by atoms with Crippen molar-refractivity contribution in [2.24, 2.45) is 5.92 Å². The molecule has 2 saturated heterocycles. The first-order valence-electron chi connectivity index (χ1n) is 13.9. The topological polar surface area (TPSA) is 97.5 Å². The summed E-state index contributed by atoms with van der Waals surface area (Å²) in [5.41, 5.74) is 2.68. The van der Waals surface area contributed by atoms with E-state index in [1.165, 1.54) is 12.1 Å². The Labute approximate surface area is 227 Å². The lowest BCUT2D eigenvalue weighted by molar-refractivity contribution is 0.0700. The van der Waals surface area contributed by atoms with Gasteiger partial charge in [-0.3, -0.25) is 9.59 Å². The molecule has 2 fully saturated rings. The lowest BCUT2D eigenvalue weighted by Crippen LogP contribution is -2.41. The van der Waals surface area contributed by atoms with Crippen LogP contribution in [0.1, 0.15) is 59.9 Å². The van der Waals surface area contributed by atoms with Gasteiger partial charge in [-0.25, -0.2) is 9.18 Å². The van der Waals surface area contributed by atoms with E-state index in [1.807, 2.05) is 36.1 Å². The van der Waals surface area contributed by atoms with Crippen LogP contribution >= 0.6 is 0 Å². The van der Waals surface area contributed by atoms with E-state index in [-0.39, 0.29) is 35.5 Å². The number of carbonyl (C=O) groups excluding carboxylic acids is 3. The molecule has 0 radical (unpaired) electrons. The number of rotatable bonds is 8. The summed E-state index contributed by atoms with van der Waals surface area (Å²) in [6.07, 6.45) is 4.49. The van der Waals surface area contributed by atoms with Crippen LogP contribution in [0.15, 0.2) is 48.5 Å². The molecule has 0 bridgehead atoms. The molecule has 0 spiro atoms. The summed E-state index contributed by atoms with van der Waals surface area (Å²) in [6, 6.07) is 13.2. The van der Waals surface area contributed by atoms with Crippen molar-refractivity contribution in [2.75, 3.05) is 38.0 Å². The molecule has 3 N–H and O–H groups in total. The standard InChI is InChI=1S/C30H36FN5O3/c1-2-32-30(39)33-24-9-10-26-22(18-24)19-27(34-26)29(38)36-14-3-4-25(36)13-17-35-15-11-21(12-16-35)28(37)20-5-7-23(31)8-6-20/h5-10,18-19,21,25,34H,2-4,11-17H2,1H3,(H2,32,33,39)/t25-/m0/s1. The number of aromatic amines is 1. The summed E-state index contributed by atoms with van der Waals surface area (Å²) >= 11 is 0. The Bertz CT molecular complexity index is 1330. The van der Waals surface area contributed by atoms with E-state index >= 15 is 0 Å². The minimum absolute atomic E-state index is 0.00976. The van der Waals surface area contributed by atoms with E-state index in [0.717, 1.165) is 69.2 Å². The van der Waals surface area contributed by atoms with Crippen LogP contribution in [0.5, 0.6) is 0 Å². The van der Waals surface area contributed by atoms with Gasteiger partial charge < -0.3 is 25.4 Å². The highest BCUT2D eigenvalue weighted by Crippen LogP contribution is 2.27. The first-order valence-corrected chi connectivity index (χ1v) is 13.9. The highest BCUT2D eigenvalue weighted by atomic mass is 19.1. The van der Waals surface area contributed by atoms with Crippen LogP contribution in [0, 0.1) is 11.7 Å². The van der Waals surface area contributed by atoms with Gasteiger partial charge in [0.1, 0.15) is 11.5 Å². The minimum atomic E-state index is -0.329. The summed E-state index contributed by atoms with van der Waals surface area (Å²) in [4.78, 5) is 45.7. The Kier molecular flexibility index (Phi) is 8.26. The van der Waals surface area contributed by atoms with Crippen molar-refractivity contribution in [1.82, 2.24) is 20.1 Å². The first kappa shape index (κ1) is 26.9. The van der Waals surface area contributed by atoms with Crippen molar-refractivity contribution >= 4 is 34.3 Å². The molecule has 39 heavy (non-hydrogen) atoms. The van der Waals surface area contributed by atoms with Gasteiger partial charge in [-0.15, -0.1) is 0 Å². The molecule has 0 saturated carbocycles. The smallest absolute Gasteiger partial charge is 0.319 e. The molecule has 8 nitrogen and oxygen atoms in total. The van der Waals surface area contributed by atoms with E-state index in [0.29, 0.717) is 23.5 Å². The summed E-state index contributed by atoms with van der Waals surface area (Å²) in [7, 11) is 0. The van der Waals surface area contributed by atoms with Crippen molar-refractivity contribution in [3.63, 3.8) is 0 Å². The number of aromatic nitrogens is 1. The van der Waals surface area contributed by atoms with Gasteiger partial charge in [0.05, 0.1) is 0 Å². The number of ketones is 1. The van der Waals surface area contributed by atoms with Crippen molar-refractivity contribution in [3.8, 4) is 0 Å². The predicted molar refractivity (Wildman–Crippen MR) is 150 cm³/mol. The number of fused-ring (bicyclic) bond motifs is 1. The molecule has 3 amide bonds. The molecule has 5 rings (SSSR count). The molecule has 0 aliphatic carbocycles. The average molecular weight is 534 g/mol. The molecule has 2 aliphatic rings. The van der Waals surface area contributed by atoms with Crippen LogP contribution in [0.25, 0.3) is 10.9 Å². The number of halogens is 1. The van der Waals surface area contributed by atoms with Gasteiger partial charge in [-0.05, 0) is 101 Å². The largest absolute Gasteiger partial charge is 0.351 e. The summed E-state index contributed by atoms with van der Waals surface area (Å²) < 4.78 is 13.2. The van der Waals surface area contributed by atoms with Gasteiger partial charge in [-0.1, -0.05) is 0 Å². The van der Waals surface area contributed by atoms with Gasteiger partial charge in [-0.2, -0.15) is 0 Å². The summed E-state index contributed by atoms with van der Waals surface area (Å²) in [5.74, 6) is -0.233. The average Bonchev–Trinajstić information content (AvgIpc) is 3.59.